The Balaban J connectivity index is 0.000000870. The predicted octanol–water partition coefficient (Wildman–Crippen LogP) is 7.12. The normalized spacial score (nSPS) is 14.4. The van der Waals surface area contributed by atoms with Crippen molar-refractivity contribution in [3.8, 4) is 11.3 Å². The lowest BCUT2D eigenvalue weighted by Gasteiger charge is -2.29. The van der Waals surface area contributed by atoms with Crippen LogP contribution in [0.5, 0.6) is 0 Å². The van der Waals surface area contributed by atoms with Gasteiger partial charge in [0, 0.05) is 62.7 Å². The molecule has 2 aliphatic rings. The highest BCUT2D eigenvalue weighted by molar-refractivity contribution is 5.87. The van der Waals surface area contributed by atoms with Crippen molar-refractivity contribution in [3.05, 3.63) is 59.2 Å². The van der Waals surface area contributed by atoms with Gasteiger partial charge in [-0.1, -0.05) is 47.6 Å². The molecule has 1 fully saturated rings. The van der Waals surface area contributed by atoms with E-state index in [1.807, 2.05) is 52.2 Å². The third kappa shape index (κ3) is 8.26. The number of aromatic nitrogens is 5. The van der Waals surface area contributed by atoms with E-state index in [4.69, 9.17) is 4.98 Å². The minimum absolute atomic E-state index is 0.0297. The summed E-state index contributed by atoms with van der Waals surface area (Å²) in [5.74, 6) is 0.266. The summed E-state index contributed by atoms with van der Waals surface area (Å²) < 4.78 is 31.9. The van der Waals surface area contributed by atoms with E-state index < -0.39 is 11.6 Å². The number of Topliss-reactive ketones (excluding diaryl/α,β-unsaturated/α-hetero) is 1. The van der Waals surface area contributed by atoms with E-state index >= 15 is 4.39 Å². The minimum atomic E-state index is -0.669. The third-order valence-electron chi connectivity index (χ3n) is 7.46. The van der Waals surface area contributed by atoms with Gasteiger partial charge in [-0.15, -0.1) is 0 Å². The SMILES string of the molecule is CC.CC.CC.Cc1nc2c(F)cc(-c3nc(Nc4ccc5c(n4)CCN(CCN(C)C)C5)ncc3F)cc2n1C1CC(=O)C1. The molecule has 4 aromatic rings. The lowest BCUT2D eigenvalue weighted by Crippen LogP contribution is -2.36. The van der Waals surface area contributed by atoms with Crippen molar-refractivity contribution in [2.24, 2.45) is 0 Å². The van der Waals surface area contributed by atoms with Crippen molar-refractivity contribution < 1.29 is 13.6 Å². The highest BCUT2D eigenvalue weighted by atomic mass is 19.1. The van der Waals surface area contributed by atoms with Gasteiger partial charge in [0.1, 0.15) is 28.6 Å². The first-order valence-corrected chi connectivity index (χ1v) is 16.1. The lowest BCUT2D eigenvalue weighted by atomic mass is 9.91. The van der Waals surface area contributed by atoms with Crippen LogP contribution < -0.4 is 5.32 Å². The lowest BCUT2D eigenvalue weighted by molar-refractivity contribution is -0.126. The fourth-order valence-electron chi connectivity index (χ4n) is 5.34. The van der Waals surface area contributed by atoms with Gasteiger partial charge < -0.3 is 14.8 Å². The Labute approximate surface area is 266 Å². The fraction of sp³-hybridized carbons (Fsp3) is 0.500. The smallest absolute Gasteiger partial charge is 0.229 e. The van der Waals surface area contributed by atoms with Crippen LogP contribution in [0.15, 0.2) is 30.5 Å². The molecule has 0 bridgehead atoms. The standard InChI is InChI=1S/C28H30F2N8O.3C2H6/c1-16-32-27-21(29)10-18(11-24(27)38(16)19-12-20(39)13-19)26-22(30)14-31-28(35-26)34-25-5-4-17-15-37(9-8-36(2)3)7-6-23(17)33-25;3*1-2/h4-5,10-11,14,19H,6-9,12-13,15H2,1-3H3,(H,31,33,34,35);3*1-2H3. The van der Waals surface area contributed by atoms with Crippen LogP contribution in [0.25, 0.3) is 22.3 Å². The number of carbonyl (C=O) groups is 1. The van der Waals surface area contributed by atoms with Gasteiger partial charge in [-0.05, 0) is 44.8 Å². The molecule has 0 radical (unpaired) electrons. The number of likely N-dealkylation sites (N-methyl/N-ethyl adjacent to an activating group) is 1. The molecule has 1 aliphatic carbocycles. The molecule has 1 saturated carbocycles. The fourth-order valence-corrected chi connectivity index (χ4v) is 5.34. The van der Waals surface area contributed by atoms with Gasteiger partial charge in [0.2, 0.25) is 5.95 Å². The van der Waals surface area contributed by atoms with Crippen molar-refractivity contribution in [2.45, 2.75) is 80.3 Å². The molecule has 45 heavy (non-hydrogen) atoms. The van der Waals surface area contributed by atoms with Crippen molar-refractivity contribution in [1.29, 1.82) is 0 Å². The summed E-state index contributed by atoms with van der Waals surface area (Å²) in [5, 5.41) is 3.08. The quantitative estimate of drug-likeness (QED) is 0.233. The van der Waals surface area contributed by atoms with Crippen LogP contribution in [0.2, 0.25) is 0 Å². The minimum Gasteiger partial charge on any atom is -0.324 e. The summed E-state index contributed by atoms with van der Waals surface area (Å²) in [4.78, 5) is 33.8. The third-order valence-corrected chi connectivity index (χ3v) is 7.46. The summed E-state index contributed by atoms with van der Waals surface area (Å²) >= 11 is 0. The van der Waals surface area contributed by atoms with Gasteiger partial charge in [-0.2, -0.15) is 0 Å². The first-order valence-electron chi connectivity index (χ1n) is 16.1. The molecule has 0 saturated heterocycles. The number of benzene rings is 1. The number of imidazole rings is 1. The Kier molecular flexibility index (Phi) is 13.0. The van der Waals surface area contributed by atoms with Crippen molar-refractivity contribution in [3.63, 3.8) is 0 Å². The Morgan fingerprint density at radius 3 is 2.36 bits per heavy atom. The number of rotatable bonds is 7. The number of aryl methyl sites for hydroxylation is 1. The number of hydrogen-bond acceptors (Lipinski definition) is 8. The number of halogens is 2. The zero-order valence-corrected chi connectivity index (χ0v) is 28.2. The van der Waals surface area contributed by atoms with Gasteiger partial charge >= 0.3 is 0 Å². The van der Waals surface area contributed by atoms with Gasteiger partial charge in [-0.25, -0.2) is 28.7 Å². The maximum atomic E-state index is 15.1. The molecule has 9 nitrogen and oxygen atoms in total. The zero-order valence-electron chi connectivity index (χ0n) is 28.2. The van der Waals surface area contributed by atoms with E-state index in [9.17, 15) is 9.18 Å². The number of fused-ring (bicyclic) bond motifs is 2. The Morgan fingerprint density at radius 2 is 1.69 bits per heavy atom. The largest absolute Gasteiger partial charge is 0.324 e. The molecular weight excluding hydrogens is 574 g/mol. The van der Waals surface area contributed by atoms with Crippen molar-refractivity contribution in [2.75, 3.05) is 39.0 Å². The van der Waals surface area contributed by atoms with Crippen LogP contribution in [0.4, 0.5) is 20.5 Å². The number of carbonyl (C=O) groups excluding carboxylic acids is 1. The number of ketones is 1. The van der Waals surface area contributed by atoms with Crippen LogP contribution in [0.3, 0.4) is 0 Å². The Bertz CT molecular complexity index is 1580. The molecule has 0 amide bonds. The van der Waals surface area contributed by atoms with E-state index in [-0.39, 0.29) is 34.5 Å². The first-order chi connectivity index (χ1) is 21.7. The number of anilines is 2. The molecule has 0 atom stereocenters. The second kappa shape index (κ2) is 16.5. The first kappa shape index (κ1) is 35.6. The predicted molar refractivity (Wildman–Crippen MR) is 178 cm³/mol. The summed E-state index contributed by atoms with van der Waals surface area (Å²) in [6.07, 6.45) is 2.68. The summed E-state index contributed by atoms with van der Waals surface area (Å²) in [7, 11) is 4.15. The average Bonchev–Trinajstić information content (AvgIpc) is 3.38. The highest BCUT2D eigenvalue weighted by Gasteiger charge is 2.31. The molecule has 1 aliphatic heterocycles. The number of nitrogens with zero attached hydrogens (tertiary/aromatic N) is 7. The van der Waals surface area contributed by atoms with Crippen LogP contribution >= 0.6 is 0 Å². The molecule has 6 rings (SSSR count). The molecule has 0 spiro atoms. The van der Waals surface area contributed by atoms with Crippen LogP contribution in [-0.4, -0.2) is 73.8 Å². The van der Waals surface area contributed by atoms with E-state index in [0.29, 0.717) is 30.0 Å². The Morgan fingerprint density at radius 1 is 0.978 bits per heavy atom. The second-order valence-corrected chi connectivity index (χ2v) is 10.6. The van der Waals surface area contributed by atoms with Gasteiger partial charge in [0.25, 0.3) is 0 Å². The number of nitrogens with one attached hydrogen (secondary N) is 1. The van der Waals surface area contributed by atoms with Gasteiger partial charge in [0.05, 0.1) is 11.7 Å². The van der Waals surface area contributed by atoms with Crippen LogP contribution in [0, 0.1) is 18.6 Å². The molecular formula is C34H48F2N8O. The van der Waals surface area contributed by atoms with Crippen molar-refractivity contribution in [1.82, 2.24) is 34.3 Å². The molecule has 244 valence electrons. The summed E-state index contributed by atoms with van der Waals surface area (Å²) in [5.41, 5.74) is 3.17. The van der Waals surface area contributed by atoms with Crippen LogP contribution in [0.1, 0.15) is 77.5 Å². The van der Waals surface area contributed by atoms with E-state index in [1.165, 1.54) is 11.6 Å². The second-order valence-electron chi connectivity index (χ2n) is 10.6. The summed E-state index contributed by atoms with van der Waals surface area (Å²) in [6.45, 7) is 17.6. The van der Waals surface area contributed by atoms with Crippen molar-refractivity contribution >= 4 is 28.6 Å². The van der Waals surface area contributed by atoms with Gasteiger partial charge in [0.15, 0.2) is 11.6 Å². The number of hydrogen-bond donors (Lipinski definition) is 1. The topological polar surface area (TPSA) is 92.1 Å². The van der Waals surface area contributed by atoms with Gasteiger partial charge in [-0.3, -0.25) is 9.69 Å². The maximum absolute atomic E-state index is 15.1. The molecule has 0 unspecified atom stereocenters. The monoisotopic (exact) mass is 622 g/mol. The highest BCUT2D eigenvalue weighted by Crippen LogP contribution is 2.36. The Hall–Kier alpha value is -3.83. The van der Waals surface area contributed by atoms with E-state index in [0.717, 1.165) is 44.5 Å². The van der Waals surface area contributed by atoms with E-state index in [1.54, 1.807) is 13.0 Å². The average molecular weight is 623 g/mol. The molecule has 3 aromatic heterocycles. The maximum Gasteiger partial charge on any atom is 0.229 e. The summed E-state index contributed by atoms with van der Waals surface area (Å²) in [6, 6.07) is 6.76. The molecule has 4 heterocycles. The molecule has 1 N–H and O–H groups in total. The molecule has 1 aromatic carbocycles. The number of pyridine rings is 1. The van der Waals surface area contributed by atoms with E-state index in [2.05, 4.69) is 50.2 Å². The van der Waals surface area contributed by atoms with Crippen LogP contribution in [-0.2, 0) is 17.8 Å². The zero-order chi connectivity index (χ0) is 33.3. The molecule has 11 heteroatoms.